The predicted molar refractivity (Wildman–Crippen MR) is 36.8 cm³/mol. The molecule has 0 fully saturated rings. The normalized spacial score (nSPS) is 10.0. The highest BCUT2D eigenvalue weighted by atomic mass is 35.5. The highest BCUT2D eigenvalue weighted by molar-refractivity contribution is 5.85. The molecule has 0 saturated carbocycles. The minimum atomic E-state index is -2.65. The molecule has 0 aromatic rings. The van der Waals surface area contributed by atoms with Crippen molar-refractivity contribution >= 4 is 24.8 Å². The van der Waals surface area contributed by atoms with Crippen LogP contribution in [0.2, 0.25) is 0 Å². The lowest BCUT2D eigenvalue weighted by molar-refractivity contribution is -0.0695. The molecule has 0 aliphatic rings. The van der Waals surface area contributed by atoms with E-state index in [-0.39, 0.29) is 24.8 Å². The molecular formula is C4H10Cl2F2O. The lowest BCUT2D eigenvalue weighted by atomic mass is 10.2. The predicted octanol–water partition coefficient (Wildman–Crippen LogP) is 1.87. The first-order chi connectivity index (χ1) is 2.94. The van der Waals surface area contributed by atoms with Crippen molar-refractivity contribution in [2.45, 2.75) is 25.9 Å². The van der Waals surface area contributed by atoms with Crippen molar-refractivity contribution < 1.29 is 13.9 Å². The summed E-state index contributed by atoms with van der Waals surface area (Å²) in [6.45, 7) is 2.13. The van der Waals surface area contributed by atoms with E-state index in [1.54, 1.807) is 0 Å². The van der Waals surface area contributed by atoms with Gasteiger partial charge in [0.1, 0.15) is 5.60 Å². The molecule has 0 aromatic carbocycles. The van der Waals surface area contributed by atoms with E-state index in [0.29, 0.717) is 0 Å². The van der Waals surface area contributed by atoms with Crippen LogP contribution in [0.1, 0.15) is 13.8 Å². The van der Waals surface area contributed by atoms with Gasteiger partial charge in [-0.3, -0.25) is 0 Å². The van der Waals surface area contributed by atoms with Gasteiger partial charge >= 0.3 is 0 Å². The zero-order valence-corrected chi connectivity index (χ0v) is 6.73. The Morgan fingerprint density at radius 3 is 1.33 bits per heavy atom. The van der Waals surface area contributed by atoms with Crippen molar-refractivity contribution in [3.05, 3.63) is 0 Å². The topological polar surface area (TPSA) is 20.2 Å². The molecule has 0 atom stereocenters. The van der Waals surface area contributed by atoms with Crippen molar-refractivity contribution in [3.63, 3.8) is 0 Å². The summed E-state index contributed by atoms with van der Waals surface area (Å²) < 4.78 is 22.6. The molecule has 0 aliphatic carbocycles. The highest BCUT2D eigenvalue weighted by Gasteiger charge is 2.24. The third-order valence-electron chi connectivity index (χ3n) is 0.534. The second kappa shape index (κ2) is 5.21. The van der Waals surface area contributed by atoms with Gasteiger partial charge in [-0.25, -0.2) is 8.78 Å². The van der Waals surface area contributed by atoms with Gasteiger partial charge in [-0.2, -0.15) is 0 Å². The van der Waals surface area contributed by atoms with E-state index in [1.165, 1.54) is 0 Å². The Labute approximate surface area is 65.3 Å². The van der Waals surface area contributed by atoms with Crippen LogP contribution < -0.4 is 0 Å². The monoisotopic (exact) mass is 182 g/mol. The summed E-state index contributed by atoms with van der Waals surface area (Å²) >= 11 is 0. The minimum absolute atomic E-state index is 0. The number of halogens is 4. The maximum absolute atomic E-state index is 11.3. The van der Waals surface area contributed by atoms with Crippen LogP contribution in [0.5, 0.6) is 0 Å². The molecule has 1 N–H and O–H groups in total. The third-order valence-corrected chi connectivity index (χ3v) is 0.534. The Kier molecular flexibility index (Phi) is 9.37. The van der Waals surface area contributed by atoms with E-state index in [2.05, 4.69) is 0 Å². The summed E-state index contributed by atoms with van der Waals surface area (Å²) in [4.78, 5) is 0. The molecule has 0 spiro atoms. The van der Waals surface area contributed by atoms with Gasteiger partial charge in [0.25, 0.3) is 6.43 Å². The average molecular weight is 183 g/mol. The number of aliphatic hydroxyl groups is 1. The fourth-order valence-electron chi connectivity index (χ4n) is 0. The highest BCUT2D eigenvalue weighted by Crippen LogP contribution is 2.11. The van der Waals surface area contributed by atoms with Gasteiger partial charge < -0.3 is 5.11 Å². The fourth-order valence-corrected chi connectivity index (χ4v) is 0. The first kappa shape index (κ1) is 16.2. The Morgan fingerprint density at radius 1 is 1.22 bits per heavy atom. The van der Waals surface area contributed by atoms with Gasteiger partial charge in [0.05, 0.1) is 0 Å². The number of hydrogen-bond donors (Lipinski definition) is 1. The van der Waals surface area contributed by atoms with Gasteiger partial charge in [0.15, 0.2) is 0 Å². The molecule has 0 unspecified atom stereocenters. The van der Waals surface area contributed by atoms with Crippen LogP contribution >= 0.6 is 24.8 Å². The fraction of sp³-hybridized carbons (Fsp3) is 1.00. The van der Waals surface area contributed by atoms with E-state index < -0.39 is 12.0 Å². The Balaban J connectivity index is -0.000000180. The number of hydrogen-bond acceptors (Lipinski definition) is 1. The van der Waals surface area contributed by atoms with Crippen LogP contribution in [0.15, 0.2) is 0 Å². The second-order valence-electron chi connectivity index (χ2n) is 1.95. The molecule has 5 heteroatoms. The molecule has 60 valence electrons. The molecule has 0 rings (SSSR count). The third kappa shape index (κ3) is 8.40. The van der Waals surface area contributed by atoms with Crippen molar-refractivity contribution in [3.8, 4) is 0 Å². The lowest BCUT2D eigenvalue weighted by Crippen LogP contribution is -2.28. The summed E-state index contributed by atoms with van der Waals surface area (Å²) in [5.41, 5.74) is -1.83. The Morgan fingerprint density at radius 2 is 1.33 bits per heavy atom. The Hall–Kier alpha value is 0.400. The van der Waals surface area contributed by atoms with Crippen LogP contribution in [0.25, 0.3) is 0 Å². The van der Waals surface area contributed by atoms with Crippen molar-refractivity contribution in [2.75, 3.05) is 0 Å². The van der Waals surface area contributed by atoms with E-state index >= 15 is 0 Å². The average Bonchev–Trinajstić information content (AvgIpc) is 1.31. The first-order valence-corrected chi connectivity index (χ1v) is 1.95. The summed E-state index contributed by atoms with van der Waals surface area (Å²) in [5, 5.41) is 8.34. The molecule has 0 radical (unpaired) electrons. The molecular weight excluding hydrogens is 173 g/mol. The molecule has 0 aromatic heterocycles. The molecule has 0 amide bonds. The molecule has 0 heterocycles. The summed E-state index contributed by atoms with van der Waals surface area (Å²) in [6.07, 6.45) is -2.65. The standard InChI is InChI=1S/C4H8F2O.2ClH/c1-4(2,7)3(5)6;;/h3,7H,1-2H3;2*1H. The van der Waals surface area contributed by atoms with Gasteiger partial charge in [0.2, 0.25) is 0 Å². The van der Waals surface area contributed by atoms with Crippen LogP contribution in [0, 0.1) is 0 Å². The zero-order valence-electron chi connectivity index (χ0n) is 5.10. The van der Waals surface area contributed by atoms with Crippen LogP contribution in [0.4, 0.5) is 8.78 Å². The summed E-state index contributed by atoms with van der Waals surface area (Å²) in [5.74, 6) is 0. The molecule has 0 aliphatic heterocycles. The van der Waals surface area contributed by atoms with Gasteiger partial charge in [-0.05, 0) is 13.8 Å². The van der Waals surface area contributed by atoms with Crippen molar-refractivity contribution in [1.82, 2.24) is 0 Å². The largest absolute Gasteiger partial charge is 0.385 e. The van der Waals surface area contributed by atoms with E-state index in [9.17, 15) is 8.78 Å². The van der Waals surface area contributed by atoms with Crippen LogP contribution in [0.3, 0.4) is 0 Å². The minimum Gasteiger partial charge on any atom is -0.385 e. The molecule has 9 heavy (non-hydrogen) atoms. The smallest absolute Gasteiger partial charge is 0.266 e. The number of rotatable bonds is 1. The first-order valence-electron chi connectivity index (χ1n) is 1.95. The van der Waals surface area contributed by atoms with E-state index in [0.717, 1.165) is 13.8 Å². The van der Waals surface area contributed by atoms with Crippen LogP contribution in [-0.2, 0) is 0 Å². The molecule has 1 nitrogen and oxygen atoms in total. The number of alkyl halides is 2. The van der Waals surface area contributed by atoms with Gasteiger partial charge in [-0.15, -0.1) is 24.8 Å². The Bertz CT molecular complexity index is 62.1. The molecule has 0 bridgehead atoms. The van der Waals surface area contributed by atoms with Gasteiger partial charge in [-0.1, -0.05) is 0 Å². The SMILES string of the molecule is CC(C)(O)C(F)F.Cl.Cl. The summed E-state index contributed by atoms with van der Waals surface area (Å²) in [7, 11) is 0. The van der Waals surface area contributed by atoms with Crippen molar-refractivity contribution in [1.29, 1.82) is 0 Å². The van der Waals surface area contributed by atoms with Crippen LogP contribution in [-0.4, -0.2) is 17.1 Å². The maximum Gasteiger partial charge on any atom is 0.266 e. The van der Waals surface area contributed by atoms with E-state index in [1.807, 2.05) is 0 Å². The maximum atomic E-state index is 11.3. The van der Waals surface area contributed by atoms with Crippen molar-refractivity contribution in [2.24, 2.45) is 0 Å². The van der Waals surface area contributed by atoms with E-state index in [4.69, 9.17) is 5.11 Å². The quantitative estimate of drug-likeness (QED) is 0.657. The summed E-state index contributed by atoms with van der Waals surface area (Å²) in [6, 6.07) is 0. The van der Waals surface area contributed by atoms with Gasteiger partial charge in [0, 0.05) is 0 Å². The second-order valence-corrected chi connectivity index (χ2v) is 1.95. The lowest BCUT2D eigenvalue weighted by Gasteiger charge is -2.13. The zero-order chi connectivity index (χ0) is 6.08. The molecule has 0 saturated heterocycles.